The monoisotopic (exact) mass is 492 g/mol. The minimum Gasteiger partial charge on any atom is -0.485 e. The average Bonchev–Trinajstić information content (AvgIpc) is 3.34. The van der Waals surface area contributed by atoms with Crippen molar-refractivity contribution in [2.45, 2.75) is 48.1 Å². The molecule has 0 atom stereocenters. The first-order valence-electron chi connectivity index (χ1n) is 11.4. The molecule has 2 heterocycles. The third kappa shape index (κ3) is 4.93. The first-order chi connectivity index (χ1) is 16.7. The van der Waals surface area contributed by atoms with E-state index in [1.807, 2.05) is 39.8 Å². The number of benzene rings is 2. The van der Waals surface area contributed by atoms with Crippen molar-refractivity contribution in [1.82, 2.24) is 4.98 Å². The molecular formula is C27H28N2O5S. The second kappa shape index (κ2) is 9.92. The van der Waals surface area contributed by atoms with Crippen LogP contribution >= 0.6 is 11.3 Å². The van der Waals surface area contributed by atoms with Gasteiger partial charge in [-0.1, -0.05) is 29.8 Å². The number of nitrogens with zero attached hydrogens (tertiary/aromatic N) is 1. The molecule has 0 bridgehead atoms. The molecule has 0 saturated carbocycles. The number of carbonyl (C=O) groups is 2. The number of fused-ring (bicyclic) bond motifs is 1. The number of hydrogen-bond donors (Lipinski definition) is 1. The standard InChI is InChI=1S/C27H28N2O5S/c1-7-32-27(31)22-19-11-10-16(4)23(24(19)35-26(22)28-18(6)30)33-13-21-17(5)34-25(29-21)20-12-14(2)8-9-15(20)3/h8-12H,7,13H2,1-6H3,(H,28,30). The maximum absolute atomic E-state index is 12.7. The summed E-state index contributed by atoms with van der Waals surface area (Å²) in [5.74, 6) is 1.13. The highest BCUT2D eigenvalue weighted by atomic mass is 32.1. The molecule has 2 aromatic carbocycles. The zero-order valence-electron chi connectivity index (χ0n) is 20.7. The predicted octanol–water partition coefficient (Wildman–Crippen LogP) is 6.50. The lowest BCUT2D eigenvalue weighted by molar-refractivity contribution is -0.114. The van der Waals surface area contributed by atoms with Crippen molar-refractivity contribution < 1.29 is 23.5 Å². The van der Waals surface area contributed by atoms with E-state index >= 15 is 0 Å². The highest BCUT2D eigenvalue weighted by Gasteiger charge is 2.24. The van der Waals surface area contributed by atoms with Crippen LogP contribution in [0.3, 0.4) is 0 Å². The summed E-state index contributed by atoms with van der Waals surface area (Å²) in [5.41, 5.74) is 5.10. The smallest absolute Gasteiger partial charge is 0.341 e. The van der Waals surface area contributed by atoms with E-state index in [0.717, 1.165) is 27.0 Å². The summed E-state index contributed by atoms with van der Waals surface area (Å²) in [4.78, 5) is 29.2. The van der Waals surface area contributed by atoms with Gasteiger partial charge in [0.1, 0.15) is 34.4 Å². The molecule has 4 rings (SSSR count). The van der Waals surface area contributed by atoms with E-state index in [2.05, 4.69) is 23.5 Å². The van der Waals surface area contributed by atoms with Crippen LogP contribution in [-0.4, -0.2) is 23.5 Å². The Morgan fingerprint density at radius 2 is 1.83 bits per heavy atom. The Balaban J connectivity index is 1.70. The van der Waals surface area contributed by atoms with Crippen molar-refractivity contribution in [3.8, 4) is 17.2 Å². The number of thiophene rings is 1. The van der Waals surface area contributed by atoms with Gasteiger partial charge < -0.3 is 19.2 Å². The molecule has 0 spiro atoms. The van der Waals surface area contributed by atoms with Gasteiger partial charge in [0.25, 0.3) is 0 Å². The molecule has 182 valence electrons. The summed E-state index contributed by atoms with van der Waals surface area (Å²) in [5, 5.41) is 3.87. The Morgan fingerprint density at radius 3 is 2.54 bits per heavy atom. The van der Waals surface area contributed by atoms with Crippen LogP contribution in [0, 0.1) is 27.7 Å². The summed E-state index contributed by atoms with van der Waals surface area (Å²) < 4.78 is 18.2. The highest BCUT2D eigenvalue weighted by Crippen LogP contribution is 2.43. The molecule has 0 radical (unpaired) electrons. The highest BCUT2D eigenvalue weighted by molar-refractivity contribution is 7.24. The molecule has 8 heteroatoms. The minimum absolute atomic E-state index is 0.197. The first kappa shape index (κ1) is 24.5. The predicted molar refractivity (Wildman–Crippen MR) is 137 cm³/mol. The zero-order chi connectivity index (χ0) is 25.3. The largest absolute Gasteiger partial charge is 0.485 e. The van der Waals surface area contributed by atoms with E-state index in [-0.39, 0.29) is 19.1 Å². The van der Waals surface area contributed by atoms with Gasteiger partial charge in [0.05, 0.1) is 11.3 Å². The molecule has 0 aliphatic heterocycles. The summed E-state index contributed by atoms with van der Waals surface area (Å²) in [6.45, 7) is 11.5. The Bertz CT molecular complexity index is 1430. The van der Waals surface area contributed by atoms with Gasteiger partial charge in [0.2, 0.25) is 11.8 Å². The van der Waals surface area contributed by atoms with E-state index in [4.69, 9.17) is 18.9 Å². The van der Waals surface area contributed by atoms with E-state index < -0.39 is 5.97 Å². The molecule has 0 unspecified atom stereocenters. The Kier molecular flexibility index (Phi) is 6.93. The van der Waals surface area contributed by atoms with Crippen LogP contribution in [0.15, 0.2) is 34.7 Å². The van der Waals surface area contributed by atoms with Gasteiger partial charge in [0.15, 0.2) is 0 Å². The van der Waals surface area contributed by atoms with Crippen molar-refractivity contribution in [3.63, 3.8) is 0 Å². The van der Waals surface area contributed by atoms with Gasteiger partial charge in [-0.25, -0.2) is 9.78 Å². The molecule has 0 aliphatic rings. The molecule has 35 heavy (non-hydrogen) atoms. The van der Waals surface area contributed by atoms with Crippen molar-refractivity contribution >= 4 is 38.3 Å². The first-order valence-corrected chi connectivity index (χ1v) is 12.2. The third-order valence-electron chi connectivity index (χ3n) is 5.65. The zero-order valence-corrected chi connectivity index (χ0v) is 21.5. The van der Waals surface area contributed by atoms with Crippen LogP contribution in [-0.2, 0) is 16.1 Å². The Morgan fingerprint density at radius 1 is 1.09 bits per heavy atom. The van der Waals surface area contributed by atoms with E-state index in [1.165, 1.54) is 18.3 Å². The molecule has 7 nitrogen and oxygen atoms in total. The number of ether oxygens (including phenoxy) is 2. The number of amides is 1. The van der Waals surface area contributed by atoms with Gasteiger partial charge in [0, 0.05) is 17.9 Å². The topological polar surface area (TPSA) is 90.7 Å². The lowest BCUT2D eigenvalue weighted by atomic mass is 10.1. The fourth-order valence-electron chi connectivity index (χ4n) is 3.85. The van der Waals surface area contributed by atoms with Crippen LogP contribution in [0.25, 0.3) is 21.5 Å². The SMILES string of the molecule is CCOC(=O)c1c(NC(C)=O)sc2c(OCc3nc(-c4cc(C)ccc4C)oc3C)c(C)ccc12. The van der Waals surface area contributed by atoms with E-state index in [1.54, 1.807) is 6.92 Å². The van der Waals surface area contributed by atoms with E-state index in [9.17, 15) is 9.59 Å². The lowest BCUT2D eigenvalue weighted by Gasteiger charge is -2.10. The minimum atomic E-state index is -0.484. The normalized spacial score (nSPS) is 11.0. The number of aromatic nitrogens is 1. The van der Waals surface area contributed by atoms with Crippen molar-refractivity contribution in [2.75, 3.05) is 11.9 Å². The fourth-order valence-corrected chi connectivity index (χ4v) is 5.14. The van der Waals surface area contributed by atoms with Crippen LogP contribution in [0.5, 0.6) is 5.75 Å². The Hall–Kier alpha value is -3.65. The number of hydrogen-bond acceptors (Lipinski definition) is 7. The lowest BCUT2D eigenvalue weighted by Crippen LogP contribution is -2.10. The van der Waals surface area contributed by atoms with Gasteiger partial charge in [-0.2, -0.15) is 0 Å². The van der Waals surface area contributed by atoms with Gasteiger partial charge >= 0.3 is 5.97 Å². The van der Waals surface area contributed by atoms with Crippen molar-refractivity contribution in [3.05, 3.63) is 64.0 Å². The summed E-state index contributed by atoms with van der Waals surface area (Å²) in [6.07, 6.45) is 0. The summed E-state index contributed by atoms with van der Waals surface area (Å²) in [7, 11) is 0. The molecular weight excluding hydrogens is 464 g/mol. The molecule has 0 saturated heterocycles. The summed E-state index contributed by atoms with van der Waals surface area (Å²) >= 11 is 1.29. The number of esters is 1. The molecule has 0 fully saturated rings. The van der Waals surface area contributed by atoms with Crippen molar-refractivity contribution in [2.24, 2.45) is 0 Å². The molecule has 4 aromatic rings. The molecule has 1 N–H and O–H groups in total. The Labute approximate surface area is 208 Å². The average molecular weight is 493 g/mol. The number of aryl methyl sites for hydroxylation is 4. The molecule has 1 amide bonds. The fraction of sp³-hybridized carbons (Fsp3) is 0.296. The van der Waals surface area contributed by atoms with Gasteiger partial charge in [-0.15, -0.1) is 11.3 Å². The molecule has 0 aliphatic carbocycles. The van der Waals surface area contributed by atoms with Crippen molar-refractivity contribution in [1.29, 1.82) is 0 Å². The maximum Gasteiger partial charge on any atom is 0.341 e. The number of anilines is 1. The van der Waals surface area contributed by atoms with E-state index in [0.29, 0.717) is 39.0 Å². The second-order valence-electron chi connectivity index (χ2n) is 8.43. The van der Waals surface area contributed by atoms with Crippen LogP contribution in [0.4, 0.5) is 5.00 Å². The second-order valence-corrected chi connectivity index (χ2v) is 9.45. The van der Waals surface area contributed by atoms with Gasteiger partial charge in [-0.3, -0.25) is 4.79 Å². The number of nitrogens with one attached hydrogen (secondary N) is 1. The number of rotatable bonds is 7. The van der Waals surface area contributed by atoms with Gasteiger partial charge in [-0.05, 0) is 51.8 Å². The number of oxazole rings is 1. The third-order valence-corrected chi connectivity index (χ3v) is 6.77. The number of carbonyl (C=O) groups excluding carboxylic acids is 2. The van der Waals surface area contributed by atoms with Crippen LogP contribution in [0.2, 0.25) is 0 Å². The molecule has 2 aromatic heterocycles. The summed E-state index contributed by atoms with van der Waals surface area (Å²) in [6, 6.07) is 9.91. The van der Waals surface area contributed by atoms with Crippen LogP contribution < -0.4 is 10.1 Å². The maximum atomic E-state index is 12.7. The quantitative estimate of drug-likeness (QED) is 0.296. The van der Waals surface area contributed by atoms with Crippen LogP contribution in [0.1, 0.15) is 52.3 Å².